The molecule has 0 spiro atoms. The van der Waals surface area contributed by atoms with Crippen molar-refractivity contribution in [1.82, 2.24) is 9.97 Å². The van der Waals surface area contributed by atoms with Crippen molar-refractivity contribution in [2.45, 2.75) is 52.6 Å². The minimum Gasteiger partial charge on any atom is -0.531 e. The Morgan fingerprint density at radius 1 is 0.806 bits per heavy atom. The SMILES string of the molecule is Cc1cccc(Oc2cccc(Cc3cnc(O[Si](C)(C)C)nc3O[Si](C)(C)C)c2)c1. The highest BCUT2D eigenvalue weighted by atomic mass is 28.4. The Morgan fingerprint density at radius 3 is 2.10 bits per heavy atom. The second-order valence-electron chi connectivity index (χ2n) is 9.65. The highest BCUT2D eigenvalue weighted by Gasteiger charge is 2.23. The van der Waals surface area contributed by atoms with E-state index < -0.39 is 16.6 Å². The summed E-state index contributed by atoms with van der Waals surface area (Å²) in [7, 11) is -3.66. The van der Waals surface area contributed by atoms with E-state index in [-0.39, 0.29) is 0 Å². The van der Waals surface area contributed by atoms with Crippen LogP contribution in [0.2, 0.25) is 39.3 Å². The Kier molecular flexibility index (Phi) is 6.86. The minimum absolute atomic E-state index is 0.396. The summed E-state index contributed by atoms with van der Waals surface area (Å²) in [6, 6.07) is 16.5. The lowest BCUT2D eigenvalue weighted by molar-refractivity contribution is 0.470. The average Bonchev–Trinajstić information content (AvgIpc) is 2.62. The molecular formula is C24H32N2O3Si2. The van der Waals surface area contributed by atoms with Gasteiger partial charge in [0.1, 0.15) is 11.5 Å². The molecule has 7 heteroatoms. The van der Waals surface area contributed by atoms with Crippen molar-refractivity contribution in [3.8, 4) is 23.4 Å². The summed E-state index contributed by atoms with van der Waals surface area (Å²) < 4.78 is 18.3. The Balaban J connectivity index is 1.85. The van der Waals surface area contributed by atoms with Crippen molar-refractivity contribution in [3.05, 3.63) is 71.4 Å². The molecule has 0 saturated carbocycles. The molecule has 5 nitrogen and oxygen atoms in total. The molecule has 2 aromatic carbocycles. The maximum Gasteiger partial charge on any atom is 0.305 e. The molecule has 3 aromatic rings. The summed E-state index contributed by atoms with van der Waals surface area (Å²) in [4.78, 5) is 9.08. The third-order valence-corrected chi connectivity index (χ3v) is 5.72. The molecule has 31 heavy (non-hydrogen) atoms. The van der Waals surface area contributed by atoms with E-state index in [0.29, 0.717) is 18.3 Å². The van der Waals surface area contributed by atoms with E-state index in [2.05, 4.69) is 68.3 Å². The van der Waals surface area contributed by atoms with E-state index in [4.69, 9.17) is 13.6 Å². The van der Waals surface area contributed by atoms with Gasteiger partial charge in [-0.05, 0) is 81.6 Å². The first kappa shape index (κ1) is 23.0. The van der Waals surface area contributed by atoms with Crippen molar-refractivity contribution in [2.75, 3.05) is 0 Å². The van der Waals surface area contributed by atoms with E-state index in [1.165, 1.54) is 5.56 Å². The number of benzene rings is 2. The summed E-state index contributed by atoms with van der Waals surface area (Å²) in [5.41, 5.74) is 3.21. The van der Waals surface area contributed by atoms with Gasteiger partial charge in [0.25, 0.3) is 0 Å². The van der Waals surface area contributed by atoms with Gasteiger partial charge >= 0.3 is 6.01 Å². The summed E-state index contributed by atoms with van der Waals surface area (Å²) in [6.07, 6.45) is 2.48. The largest absolute Gasteiger partial charge is 0.531 e. The third kappa shape index (κ3) is 7.52. The van der Waals surface area contributed by atoms with E-state index >= 15 is 0 Å². The minimum atomic E-state index is -1.85. The molecule has 3 rings (SSSR count). The quantitative estimate of drug-likeness (QED) is 0.361. The number of aryl methyl sites for hydroxylation is 1. The first-order valence-corrected chi connectivity index (χ1v) is 17.4. The highest BCUT2D eigenvalue weighted by Crippen LogP contribution is 2.28. The van der Waals surface area contributed by atoms with Crippen LogP contribution in [-0.4, -0.2) is 26.6 Å². The van der Waals surface area contributed by atoms with Crippen molar-refractivity contribution >= 4 is 16.6 Å². The van der Waals surface area contributed by atoms with Crippen LogP contribution in [0, 0.1) is 6.92 Å². The van der Waals surface area contributed by atoms with Crippen LogP contribution >= 0.6 is 0 Å². The lowest BCUT2D eigenvalue weighted by Gasteiger charge is -2.22. The fourth-order valence-electron chi connectivity index (χ4n) is 2.95. The van der Waals surface area contributed by atoms with Crippen LogP contribution in [0.5, 0.6) is 23.4 Å². The zero-order valence-corrected chi connectivity index (χ0v) is 21.5. The summed E-state index contributed by atoms with van der Waals surface area (Å²) in [5.74, 6) is 2.25. The number of nitrogens with zero attached hydrogens (tertiary/aromatic N) is 2. The highest BCUT2D eigenvalue weighted by molar-refractivity contribution is 6.70. The molecule has 0 atom stereocenters. The molecule has 0 amide bonds. The van der Waals surface area contributed by atoms with Crippen LogP contribution in [0.25, 0.3) is 0 Å². The topological polar surface area (TPSA) is 53.5 Å². The Bertz CT molecular complexity index is 1040. The predicted molar refractivity (Wildman–Crippen MR) is 130 cm³/mol. The molecule has 0 aliphatic rings. The van der Waals surface area contributed by atoms with Crippen molar-refractivity contribution in [3.63, 3.8) is 0 Å². The zero-order chi connectivity index (χ0) is 22.6. The molecule has 0 radical (unpaired) electrons. The maximum absolute atomic E-state index is 6.29. The molecular weight excluding hydrogens is 420 g/mol. The molecule has 164 valence electrons. The molecule has 0 unspecified atom stereocenters. The third-order valence-electron chi connectivity index (χ3n) is 4.12. The van der Waals surface area contributed by atoms with Crippen molar-refractivity contribution < 1.29 is 13.6 Å². The predicted octanol–water partition coefficient (Wildman–Crippen LogP) is 6.60. The van der Waals surface area contributed by atoms with Gasteiger partial charge in [-0.2, -0.15) is 4.98 Å². The Morgan fingerprint density at radius 2 is 1.45 bits per heavy atom. The molecule has 0 bridgehead atoms. The van der Waals surface area contributed by atoms with E-state index in [1.54, 1.807) is 0 Å². The number of hydrogen-bond acceptors (Lipinski definition) is 5. The fraction of sp³-hybridized carbons (Fsp3) is 0.333. The van der Waals surface area contributed by atoms with Crippen molar-refractivity contribution in [2.24, 2.45) is 0 Å². The van der Waals surface area contributed by atoms with Crippen LogP contribution in [0.4, 0.5) is 0 Å². The molecule has 1 heterocycles. The van der Waals surface area contributed by atoms with Crippen LogP contribution < -0.4 is 13.6 Å². The van der Waals surface area contributed by atoms with Crippen LogP contribution in [0.15, 0.2) is 54.7 Å². The van der Waals surface area contributed by atoms with Crippen LogP contribution in [-0.2, 0) is 6.42 Å². The van der Waals surface area contributed by atoms with Gasteiger partial charge < -0.3 is 13.6 Å². The molecule has 0 aliphatic heterocycles. The molecule has 0 saturated heterocycles. The summed E-state index contributed by atoms with van der Waals surface area (Å²) in [6.45, 7) is 14.8. The summed E-state index contributed by atoms with van der Waals surface area (Å²) >= 11 is 0. The van der Waals surface area contributed by atoms with E-state index in [9.17, 15) is 0 Å². The molecule has 0 N–H and O–H groups in total. The normalized spacial score (nSPS) is 11.8. The monoisotopic (exact) mass is 452 g/mol. The van der Waals surface area contributed by atoms with E-state index in [0.717, 1.165) is 22.6 Å². The molecule has 0 aliphatic carbocycles. The fourth-order valence-corrected chi connectivity index (χ4v) is 4.36. The average molecular weight is 453 g/mol. The summed E-state index contributed by atoms with van der Waals surface area (Å²) in [5, 5.41) is 0. The second-order valence-corrected chi connectivity index (χ2v) is 18.5. The smallest absolute Gasteiger partial charge is 0.305 e. The number of ether oxygens (including phenoxy) is 1. The van der Waals surface area contributed by atoms with Crippen LogP contribution in [0.3, 0.4) is 0 Å². The van der Waals surface area contributed by atoms with Gasteiger partial charge in [0.15, 0.2) is 0 Å². The first-order chi connectivity index (χ1) is 14.5. The lowest BCUT2D eigenvalue weighted by Crippen LogP contribution is -2.32. The first-order valence-electron chi connectivity index (χ1n) is 10.5. The molecule has 1 aromatic heterocycles. The van der Waals surface area contributed by atoms with Gasteiger partial charge in [-0.1, -0.05) is 24.3 Å². The van der Waals surface area contributed by atoms with Gasteiger partial charge in [0.05, 0.1) is 0 Å². The van der Waals surface area contributed by atoms with Crippen LogP contribution in [0.1, 0.15) is 16.7 Å². The number of rotatable bonds is 8. The van der Waals surface area contributed by atoms with Crippen molar-refractivity contribution in [1.29, 1.82) is 0 Å². The van der Waals surface area contributed by atoms with E-state index in [1.807, 2.05) is 42.6 Å². The lowest BCUT2D eigenvalue weighted by atomic mass is 10.1. The number of aromatic nitrogens is 2. The Hall–Kier alpha value is -2.65. The van der Waals surface area contributed by atoms with Gasteiger partial charge in [-0.25, -0.2) is 4.98 Å². The Labute approximate surface area is 187 Å². The zero-order valence-electron chi connectivity index (χ0n) is 19.5. The molecule has 0 fully saturated rings. The maximum atomic E-state index is 6.29. The standard InChI is InChI=1S/C24H32N2O3Si2/c1-18-10-8-12-21(14-18)27-22-13-9-11-19(16-22)15-20-17-25-24(29-31(5,6)7)26-23(20)28-30(2,3)4/h8-14,16-17H,15H2,1-7H3. The van der Waals surface area contributed by atoms with Gasteiger partial charge in [0.2, 0.25) is 22.5 Å². The number of hydrogen-bond donors (Lipinski definition) is 0. The van der Waals surface area contributed by atoms with Gasteiger partial charge in [-0.3, -0.25) is 0 Å². The van der Waals surface area contributed by atoms with Gasteiger partial charge in [0, 0.05) is 18.2 Å². The second kappa shape index (κ2) is 9.24. The van der Waals surface area contributed by atoms with Gasteiger partial charge in [-0.15, -0.1) is 0 Å².